The smallest absolute Gasteiger partial charge is 0.136 e. The number of hydrogen-bond donors (Lipinski definition) is 0. The molecule has 0 radical (unpaired) electrons. The van der Waals surface area contributed by atoms with Crippen molar-refractivity contribution in [2.24, 2.45) is 0 Å². The first-order valence-corrected chi connectivity index (χ1v) is 13.9. The van der Waals surface area contributed by atoms with Gasteiger partial charge in [0.05, 0.1) is 0 Å². The highest BCUT2D eigenvalue weighted by Gasteiger charge is 2.27. The number of rotatable bonds is 2. The second-order valence-electron chi connectivity index (χ2n) is 14.1. The number of furan rings is 1. The minimum absolute atomic E-state index is 0.0529. The molecule has 0 amide bonds. The summed E-state index contributed by atoms with van der Waals surface area (Å²) in [6.45, 7) is 22.9. The molecule has 38 heavy (non-hydrogen) atoms. The fraction of sp³-hybridized carbons (Fsp3) is 0.351. The normalized spacial score (nSPS) is 13.0. The minimum atomic E-state index is -0.0771. The molecule has 1 aromatic heterocycles. The molecule has 4 aromatic carbocycles. The summed E-state index contributed by atoms with van der Waals surface area (Å²) in [5, 5.41) is 2.45. The van der Waals surface area contributed by atoms with Crippen LogP contribution in [0.2, 0.25) is 0 Å². The zero-order valence-electron chi connectivity index (χ0n) is 24.8. The number of aryl methyl sites for hydroxylation is 1. The van der Waals surface area contributed by atoms with Gasteiger partial charge in [-0.3, -0.25) is 0 Å². The van der Waals surface area contributed by atoms with Gasteiger partial charge in [-0.25, -0.2) is 0 Å². The Hall–Kier alpha value is -3.32. The monoisotopic (exact) mass is 502 g/mol. The highest BCUT2D eigenvalue weighted by Crippen LogP contribution is 2.46. The average Bonchev–Trinajstić information content (AvgIpc) is 3.20. The van der Waals surface area contributed by atoms with Crippen LogP contribution in [0.3, 0.4) is 0 Å². The van der Waals surface area contributed by atoms with Crippen molar-refractivity contribution in [2.45, 2.75) is 85.5 Å². The highest BCUT2D eigenvalue weighted by molar-refractivity contribution is 6.15. The topological polar surface area (TPSA) is 13.1 Å². The maximum Gasteiger partial charge on any atom is 0.136 e. The predicted molar refractivity (Wildman–Crippen MR) is 165 cm³/mol. The second-order valence-corrected chi connectivity index (χ2v) is 14.1. The first-order valence-electron chi connectivity index (χ1n) is 13.9. The Morgan fingerprint density at radius 2 is 1.11 bits per heavy atom. The molecule has 5 aromatic rings. The van der Waals surface area contributed by atoms with Gasteiger partial charge in [0.15, 0.2) is 0 Å². The number of fused-ring (bicyclic) bond motifs is 3. The zero-order chi connectivity index (χ0) is 27.6. The van der Waals surface area contributed by atoms with Crippen LogP contribution < -0.4 is 0 Å². The van der Waals surface area contributed by atoms with E-state index in [2.05, 4.69) is 142 Å². The van der Waals surface area contributed by atoms with Crippen LogP contribution in [0.25, 0.3) is 44.2 Å². The molecule has 196 valence electrons. The average molecular weight is 503 g/mol. The van der Waals surface area contributed by atoms with E-state index in [-0.39, 0.29) is 16.2 Å². The van der Waals surface area contributed by atoms with Gasteiger partial charge in [-0.05, 0) is 74.2 Å². The van der Waals surface area contributed by atoms with E-state index < -0.39 is 0 Å². The van der Waals surface area contributed by atoms with Crippen molar-refractivity contribution in [1.82, 2.24) is 0 Å². The molecule has 0 saturated heterocycles. The van der Waals surface area contributed by atoms with Crippen molar-refractivity contribution < 1.29 is 4.42 Å². The Kier molecular flexibility index (Phi) is 6.14. The fourth-order valence-electron chi connectivity index (χ4n) is 5.63. The van der Waals surface area contributed by atoms with E-state index in [0.29, 0.717) is 0 Å². The van der Waals surface area contributed by atoms with Crippen LogP contribution in [0.15, 0.2) is 77.2 Å². The quantitative estimate of drug-likeness (QED) is 0.234. The lowest BCUT2D eigenvalue weighted by molar-refractivity contribution is 0.569. The van der Waals surface area contributed by atoms with E-state index in [1.807, 2.05) is 0 Å². The lowest BCUT2D eigenvalue weighted by Gasteiger charge is -2.27. The summed E-state index contributed by atoms with van der Waals surface area (Å²) in [4.78, 5) is 0. The molecule has 1 nitrogen and oxygen atoms in total. The van der Waals surface area contributed by atoms with Crippen molar-refractivity contribution in [1.29, 1.82) is 0 Å². The van der Waals surface area contributed by atoms with E-state index >= 15 is 0 Å². The van der Waals surface area contributed by atoms with Gasteiger partial charge in [0.2, 0.25) is 0 Å². The van der Waals surface area contributed by atoms with Gasteiger partial charge in [0.1, 0.15) is 11.2 Å². The maximum atomic E-state index is 6.56. The molecule has 0 aliphatic carbocycles. The van der Waals surface area contributed by atoms with Gasteiger partial charge >= 0.3 is 0 Å². The van der Waals surface area contributed by atoms with E-state index in [1.165, 1.54) is 55.3 Å². The van der Waals surface area contributed by atoms with Crippen molar-refractivity contribution in [3.63, 3.8) is 0 Å². The summed E-state index contributed by atoms with van der Waals surface area (Å²) >= 11 is 0. The molecule has 0 bridgehead atoms. The summed E-state index contributed by atoms with van der Waals surface area (Å²) in [6.07, 6.45) is 0. The van der Waals surface area contributed by atoms with Crippen LogP contribution in [0.5, 0.6) is 0 Å². The van der Waals surface area contributed by atoms with Gasteiger partial charge in [0.25, 0.3) is 0 Å². The van der Waals surface area contributed by atoms with Crippen LogP contribution in [-0.4, -0.2) is 0 Å². The molecule has 0 unspecified atom stereocenters. The standard InChI is InChI=1S/C37H42O/c1-23-13-11-14-24(19-23)29-17-18-31-33(34(29)37(8,9)10)32-28(15-12-16-30(32)38-31)25-20-26(35(2,3)4)22-27(21-25)36(5,6)7/h11-22H,1-10H3. The summed E-state index contributed by atoms with van der Waals surface area (Å²) < 4.78 is 6.56. The molecule has 0 aliphatic rings. The Labute approximate surface area is 228 Å². The van der Waals surface area contributed by atoms with Gasteiger partial charge in [-0.2, -0.15) is 0 Å². The minimum Gasteiger partial charge on any atom is -0.456 e. The van der Waals surface area contributed by atoms with Crippen LogP contribution in [0.4, 0.5) is 0 Å². The van der Waals surface area contributed by atoms with Gasteiger partial charge in [-0.15, -0.1) is 0 Å². The fourth-order valence-corrected chi connectivity index (χ4v) is 5.63. The molecular weight excluding hydrogens is 460 g/mol. The molecule has 0 N–H and O–H groups in total. The maximum absolute atomic E-state index is 6.56. The van der Waals surface area contributed by atoms with E-state index in [4.69, 9.17) is 4.42 Å². The van der Waals surface area contributed by atoms with Gasteiger partial charge in [-0.1, -0.05) is 129 Å². The molecule has 0 saturated carbocycles. The second kappa shape index (κ2) is 8.87. The van der Waals surface area contributed by atoms with E-state index in [0.717, 1.165) is 11.2 Å². The largest absolute Gasteiger partial charge is 0.456 e. The van der Waals surface area contributed by atoms with E-state index in [1.54, 1.807) is 0 Å². The molecule has 1 heteroatoms. The molecule has 0 atom stereocenters. The molecule has 0 fully saturated rings. The number of benzene rings is 4. The lowest BCUT2D eigenvalue weighted by atomic mass is 9.77. The highest BCUT2D eigenvalue weighted by atomic mass is 16.3. The Morgan fingerprint density at radius 3 is 1.68 bits per heavy atom. The first-order chi connectivity index (χ1) is 17.6. The van der Waals surface area contributed by atoms with E-state index in [9.17, 15) is 0 Å². The molecule has 0 spiro atoms. The third kappa shape index (κ3) is 4.68. The van der Waals surface area contributed by atoms with Crippen molar-refractivity contribution in [3.8, 4) is 22.3 Å². The predicted octanol–water partition coefficient (Wildman–Crippen LogP) is 11.1. The Bertz CT molecular complexity index is 1620. The third-order valence-corrected chi connectivity index (χ3v) is 7.72. The number of hydrogen-bond acceptors (Lipinski definition) is 1. The van der Waals surface area contributed by atoms with Gasteiger partial charge < -0.3 is 4.42 Å². The molecule has 5 rings (SSSR count). The van der Waals surface area contributed by atoms with Crippen LogP contribution >= 0.6 is 0 Å². The van der Waals surface area contributed by atoms with Crippen molar-refractivity contribution in [3.05, 3.63) is 95.1 Å². The van der Waals surface area contributed by atoms with Gasteiger partial charge in [0, 0.05) is 10.8 Å². The lowest BCUT2D eigenvalue weighted by Crippen LogP contribution is -2.16. The van der Waals surface area contributed by atoms with Crippen LogP contribution in [0.1, 0.15) is 84.6 Å². The van der Waals surface area contributed by atoms with Crippen LogP contribution in [0, 0.1) is 6.92 Å². The zero-order valence-corrected chi connectivity index (χ0v) is 24.8. The summed E-state index contributed by atoms with van der Waals surface area (Å²) in [7, 11) is 0. The van der Waals surface area contributed by atoms with Crippen molar-refractivity contribution >= 4 is 21.9 Å². The summed E-state index contributed by atoms with van der Waals surface area (Å²) in [5.41, 5.74) is 12.3. The Balaban J connectivity index is 1.92. The first kappa shape index (κ1) is 26.3. The Morgan fingerprint density at radius 1 is 0.500 bits per heavy atom. The SMILES string of the molecule is Cc1cccc(-c2ccc3oc4cccc(-c5cc(C(C)(C)C)cc(C(C)(C)C)c5)c4c3c2C(C)(C)C)c1. The third-order valence-electron chi connectivity index (χ3n) is 7.72. The summed E-state index contributed by atoms with van der Waals surface area (Å²) in [6, 6.07) is 27.0. The van der Waals surface area contributed by atoms with Crippen molar-refractivity contribution in [2.75, 3.05) is 0 Å². The molecule has 1 heterocycles. The molecule has 0 aliphatic heterocycles. The summed E-state index contributed by atoms with van der Waals surface area (Å²) in [5.74, 6) is 0. The van der Waals surface area contributed by atoms with Crippen LogP contribution in [-0.2, 0) is 16.2 Å². The molecular formula is C37H42O.